The van der Waals surface area contributed by atoms with E-state index in [4.69, 9.17) is 0 Å². The number of carbonyl (C=O) groups is 2. The van der Waals surface area contributed by atoms with Crippen LogP contribution in [0.15, 0.2) is 0 Å². The molecular weight excluding hydrogens is 236 g/mol. The van der Waals surface area contributed by atoms with Gasteiger partial charge in [-0.05, 0) is 27.7 Å². The number of carbonyl (C=O) groups excluding carboxylic acids is 2. The van der Waals surface area contributed by atoms with Crippen LogP contribution in [0.3, 0.4) is 0 Å². The van der Waals surface area contributed by atoms with Gasteiger partial charge in [-0.15, -0.1) is 0 Å². The largest absolute Gasteiger partial charge is 0.354 e. The van der Waals surface area contributed by atoms with Crippen LogP contribution in [0.4, 0.5) is 0 Å². The summed E-state index contributed by atoms with van der Waals surface area (Å²) in [7, 11) is 0. The van der Waals surface area contributed by atoms with E-state index in [0.29, 0.717) is 12.8 Å². The van der Waals surface area contributed by atoms with Gasteiger partial charge in [-0.3, -0.25) is 9.59 Å². The first-order chi connectivity index (χ1) is 7.91. The van der Waals surface area contributed by atoms with Gasteiger partial charge in [0.2, 0.25) is 11.8 Å². The Labute approximate surface area is 108 Å². The highest BCUT2D eigenvalue weighted by Gasteiger charge is 2.05. The third-order valence-corrected chi connectivity index (χ3v) is 2.83. The lowest BCUT2D eigenvalue weighted by Crippen LogP contribution is -2.30. The van der Waals surface area contributed by atoms with Crippen molar-refractivity contribution in [3.8, 4) is 0 Å². The van der Waals surface area contributed by atoms with Crippen molar-refractivity contribution in [2.75, 3.05) is 11.5 Å². The van der Waals surface area contributed by atoms with Crippen LogP contribution in [0.25, 0.3) is 0 Å². The van der Waals surface area contributed by atoms with Gasteiger partial charge < -0.3 is 10.6 Å². The Morgan fingerprint density at radius 3 is 1.53 bits per heavy atom. The molecule has 0 aliphatic carbocycles. The van der Waals surface area contributed by atoms with Gasteiger partial charge in [0.25, 0.3) is 0 Å². The molecule has 0 rings (SSSR count). The van der Waals surface area contributed by atoms with E-state index < -0.39 is 0 Å². The standard InChI is InChI=1S/C12H24N2O2S/c1-9(2)13-11(15)5-7-17-8-6-12(16)14-10(3)4/h9-10H,5-8H2,1-4H3,(H,13,15)(H,14,16). The molecule has 0 aromatic rings. The van der Waals surface area contributed by atoms with Crippen molar-refractivity contribution < 1.29 is 9.59 Å². The van der Waals surface area contributed by atoms with Crippen molar-refractivity contribution in [3.05, 3.63) is 0 Å². The summed E-state index contributed by atoms with van der Waals surface area (Å²) in [5.41, 5.74) is 0. The van der Waals surface area contributed by atoms with Gasteiger partial charge >= 0.3 is 0 Å². The smallest absolute Gasteiger partial charge is 0.221 e. The Bertz CT molecular complexity index is 219. The van der Waals surface area contributed by atoms with Crippen molar-refractivity contribution in [1.82, 2.24) is 10.6 Å². The minimum absolute atomic E-state index is 0.0825. The van der Waals surface area contributed by atoms with Crippen molar-refractivity contribution in [2.45, 2.75) is 52.6 Å². The summed E-state index contributed by atoms with van der Waals surface area (Å²) >= 11 is 1.64. The highest BCUT2D eigenvalue weighted by Crippen LogP contribution is 2.04. The maximum Gasteiger partial charge on any atom is 0.221 e. The monoisotopic (exact) mass is 260 g/mol. The number of amides is 2. The first-order valence-corrected chi connectivity index (χ1v) is 7.23. The number of hydrogen-bond acceptors (Lipinski definition) is 3. The molecule has 0 atom stereocenters. The van der Waals surface area contributed by atoms with E-state index in [1.165, 1.54) is 0 Å². The molecule has 0 aliphatic rings. The average molecular weight is 260 g/mol. The summed E-state index contributed by atoms with van der Waals surface area (Å²) in [5.74, 6) is 1.71. The van der Waals surface area contributed by atoms with Crippen molar-refractivity contribution >= 4 is 23.6 Å². The van der Waals surface area contributed by atoms with Gasteiger partial charge in [0.1, 0.15) is 0 Å². The highest BCUT2D eigenvalue weighted by atomic mass is 32.2. The second-order valence-electron chi connectivity index (χ2n) is 4.56. The molecule has 17 heavy (non-hydrogen) atoms. The lowest BCUT2D eigenvalue weighted by Gasteiger charge is -2.09. The fourth-order valence-electron chi connectivity index (χ4n) is 1.22. The van der Waals surface area contributed by atoms with Crippen LogP contribution < -0.4 is 10.6 Å². The molecular formula is C12H24N2O2S. The Kier molecular flexibility index (Phi) is 8.94. The Hall–Kier alpha value is -0.710. The molecule has 4 nitrogen and oxygen atoms in total. The molecule has 0 radical (unpaired) electrons. The zero-order valence-electron chi connectivity index (χ0n) is 11.2. The zero-order valence-corrected chi connectivity index (χ0v) is 12.0. The fourth-order valence-corrected chi connectivity index (χ4v) is 2.08. The van der Waals surface area contributed by atoms with Crippen molar-refractivity contribution in [2.24, 2.45) is 0 Å². The van der Waals surface area contributed by atoms with E-state index in [-0.39, 0.29) is 23.9 Å². The molecule has 0 saturated heterocycles. The first kappa shape index (κ1) is 16.3. The van der Waals surface area contributed by atoms with Crippen LogP contribution in [0, 0.1) is 0 Å². The number of rotatable bonds is 8. The third-order valence-electron chi connectivity index (χ3n) is 1.85. The van der Waals surface area contributed by atoms with Gasteiger partial charge in [-0.2, -0.15) is 11.8 Å². The quantitative estimate of drug-likeness (QED) is 0.651. The maximum absolute atomic E-state index is 11.3. The topological polar surface area (TPSA) is 58.2 Å². The van der Waals surface area contributed by atoms with E-state index in [0.717, 1.165) is 11.5 Å². The van der Waals surface area contributed by atoms with Crippen molar-refractivity contribution in [1.29, 1.82) is 0 Å². The number of thioether (sulfide) groups is 1. The highest BCUT2D eigenvalue weighted by molar-refractivity contribution is 7.99. The normalized spacial score (nSPS) is 10.7. The molecule has 2 N–H and O–H groups in total. The van der Waals surface area contributed by atoms with Gasteiger partial charge in [-0.25, -0.2) is 0 Å². The summed E-state index contributed by atoms with van der Waals surface area (Å²) in [5, 5.41) is 5.67. The van der Waals surface area contributed by atoms with Crippen LogP contribution in [0.5, 0.6) is 0 Å². The molecule has 0 aromatic heterocycles. The maximum atomic E-state index is 11.3. The predicted octanol–water partition coefficient (Wildman–Crippen LogP) is 1.55. The summed E-state index contributed by atoms with van der Waals surface area (Å²) in [6.45, 7) is 7.78. The molecule has 0 aliphatic heterocycles. The molecule has 0 heterocycles. The fraction of sp³-hybridized carbons (Fsp3) is 0.833. The van der Waals surface area contributed by atoms with E-state index in [1.54, 1.807) is 11.8 Å². The van der Waals surface area contributed by atoms with Gasteiger partial charge in [0.05, 0.1) is 0 Å². The van der Waals surface area contributed by atoms with E-state index in [1.807, 2.05) is 27.7 Å². The third kappa shape index (κ3) is 11.6. The second kappa shape index (κ2) is 9.33. The summed E-state index contributed by atoms with van der Waals surface area (Å²) in [4.78, 5) is 22.6. The summed E-state index contributed by atoms with van der Waals surface area (Å²) in [6, 6.07) is 0.397. The average Bonchev–Trinajstić information content (AvgIpc) is 2.14. The van der Waals surface area contributed by atoms with Crippen LogP contribution in [-0.4, -0.2) is 35.4 Å². The number of hydrogen-bond donors (Lipinski definition) is 2. The second-order valence-corrected chi connectivity index (χ2v) is 5.78. The minimum atomic E-state index is 0.0825. The Morgan fingerprint density at radius 1 is 0.882 bits per heavy atom. The zero-order chi connectivity index (χ0) is 13.3. The lowest BCUT2D eigenvalue weighted by atomic mass is 10.3. The SMILES string of the molecule is CC(C)NC(=O)CCSCCC(=O)NC(C)C. The molecule has 100 valence electrons. The van der Waals surface area contributed by atoms with Crippen molar-refractivity contribution in [3.63, 3.8) is 0 Å². The molecule has 0 bridgehead atoms. The predicted molar refractivity (Wildman–Crippen MR) is 73.1 cm³/mol. The van der Waals surface area contributed by atoms with Crippen LogP contribution in [0.2, 0.25) is 0 Å². The lowest BCUT2D eigenvalue weighted by molar-refractivity contribution is -0.121. The van der Waals surface area contributed by atoms with Gasteiger partial charge in [0.15, 0.2) is 0 Å². The summed E-state index contributed by atoms with van der Waals surface area (Å²) in [6.07, 6.45) is 1.04. The molecule has 0 fully saturated rings. The Morgan fingerprint density at radius 2 is 1.24 bits per heavy atom. The molecule has 0 spiro atoms. The molecule has 2 amide bonds. The Balaban J connectivity index is 3.40. The van der Waals surface area contributed by atoms with Gasteiger partial charge in [-0.1, -0.05) is 0 Å². The molecule has 0 unspecified atom stereocenters. The van der Waals surface area contributed by atoms with E-state index in [2.05, 4.69) is 10.6 Å². The van der Waals surface area contributed by atoms with Crippen LogP contribution >= 0.6 is 11.8 Å². The number of nitrogens with one attached hydrogen (secondary N) is 2. The molecule has 0 aromatic carbocycles. The van der Waals surface area contributed by atoms with E-state index >= 15 is 0 Å². The van der Waals surface area contributed by atoms with Crippen LogP contribution in [-0.2, 0) is 9.59 Å². The van der Waals surface area contributed by atoms with E-state index in [9.17, 15) is 9.59 Å². The van der Waals surface area contributed by atoms with Crippen LogP contribution in [0.1, 0.15) is 40.5 Å². The molecule has 5 heteroatoms. The summed E-state index contributed by atoms with van der Waals surface area (Å²) < 4.78 is 0. The minimum Gasteiger partial charge on any atom is -0.354 e. The van der Waals surface area contributed by atoms with Gasteiger partial charge in [0, 0.05) is 36.4 Å². The first-order valence-electron chi connectivity index (χ1n) is 6.08. The molecule has 0 saturated carbocycles.